The van der Waals surface area contributed by atoms with Gasteiger partial charge in [0.15, 0.2) is 0 Å². The lowest BCUT2D eigenvalue weighted by Crippen LogP contribution is -1.97. The van der Waals surface area contributed by atoms with Crippen molar-refractivity contribution in [1.29, 1.82) is 0 Å². The van der Waals surface area contributed by atoms with Crippen molar-refractivity contribution in [3.63, 3.8) is 0 Å². The van der Waals surface area contributed by atoms with Crippen molar-refractivity contribution in [2.45, 2.75) is 90.4 Å². The Morgan fingerprint density at radius 1 is 0.750 bits per heavy atom. The molecule has 0 saturated carbocycles. The average Bonchev–Trinajstić information content (AvgIpc) is 2.68. The summed E-state index contributed by atoms with van der Waals surface area (Å²) in [7, 11) is 0. The van der Waals surface area contributed by atoms with E-state index < -0.39 is 11.4 Å². The highest BCUT2D eigenvalue weighted by molar-refractivity contribution is 7.74. The van der Waals surface area contributed by atoms with Gasteiger partial charge in [-0.1, -0.05) is 102 Å². The Morgan fingerprint density at radius 3 is 1.89 bits per heavy atom. The van der Waals surface area contributed by atoms with Crippen molar-refractivity contribution >= 4 is 22.1 Å². The molecule has 2 aromatic carbocycles. The minimum Gasteiger partial charge on any atom is -0.740 e. The van der Waals surface area contributed by atoms with Crippen LogP contribution in [0.5, 0.6) is 5.75 Å². The highest BCUT2D eigenvalue weighted by atomic mass is 32.2. The summed E-state index contributed by atoms with van der Waals surface area (Å²) >= 11 is -2.53. The van der Waals surface area contributed by atoms with E-state index in [2.05, 4.69) is 19.1 Å². The van der Waals surface area contributed by atoms with Crippen molar-refractivity contribution in [2.24, 2.45) is 0 Å². The van der Waals surface area contributed by atoms with Gasteiger partial charge in [-0.25, -0.2) is 4.21 Å². The van der Waals surface area contributed by atoms with E-state index in [9.17, 15) is 8.76 Å². The summed E-state index contributed by atoms with van der Waals surface area (Å²) in [5.41, 5.74) is 1.35. The van der Waals surface area contributed by atoms with E-state index in [0.717, 1.165) is 17.2 Å². The molecule has 0 aromatic heterocycles. The summed E-state index contributed by atoms with van der Waals surface area (Å²) in [5, 5.41) is 2.13. The molecule has 0 aliphatic heterocycles. The van der Waals surface area contributed by atoms with Gasteiger partial charge < -0.3 is 8.74 Å². The van der Waals surface area contributed by atoms with E-state index in [4.69, 9.17) is 4.18 Å². The predicted molar refractivity (Wildman–Crippen MR) is 118 cm³/mol. The Morgan fingerprint density at radius 2 is 1.29 bits per heavy atom. The molecule has 2 rings (SSSR count). The monoisotopic (exact) mass is 403 g/mol. The predicted octanol–water partition coefficient (Wildman–Crippen LogP) is 7.26. The van der Waals surface area contributed by atoms with Crippen LogP contribution in [0.15, 0.2) is 36.4 Å². The molecule has 0 saturated heterocycles. The van der Waals surface area contributed by atoms with Gasteiger partial charge in [0.05, 0.1) is 0 Å². The average molecular weight is 404 g/mol. The Hall–Kier alpha value is -1.39. The van der Waals surface area contributed by atoms with Gasteiger partial charge in [-0.15, -0.1) is 0 Å². The topological polar surface area (TPSA) is 49.4 Å². The van der Waals surface area contributed by atoms with Gasteiger partial charge in [0.2, 0.25) is 0 Å². The molecule has 0 amide bonds. The first-order valence-corrected chi connectivity index (χ1v) is 12.0. The molecule has 4 heteroatoms. The highest BCUT2D eigenvalue weighted by Gasteiger charge is 2.01. The number of unbranched alkanes of at least 4 members (excludes halogenated alkanes) is 11. The molecular formula is C24H35O3S-. The van der Waals surface area contributed by atoms with Crippen LogP contribution in [0.2, 0.25) is 0 Å². The van der Waals surface area contributed by atoms with Crippen molar-refractivity contribution < 1.29 is 12.9 Å². The van der Waals surface area contributed by atoms with E-state index in [1.807, 2.05) is 12.1 Å². The van der Waals surface area contributed by atoms with Gasteiger partial charge in [-0.2, -0.15) is 0 Å². The van der Waals surface area contributed by atoms with E-state index >= 15 is 0 Å². The Bertz CT molecular complexity index is 714. The molecule has 0 bridgehead atoms. The number of fused-ring (bicyclic) bond motifs is 1. The molecule has 0 aliphatic rings. The lowest BCUT2D eigenvalue weighted by molar-refractivity contribution is 0.440. The first kappa shape index (κ1) is 22.9. The van der Waals surface area contributed by atoms with Crippen LogP contribution in [0.4, 0.5) is 0 Å². The van der Waals surface area contributed by atoms with Crippen LogP contribution >= 0.6 is 0 Å². The number of hydrogen-bond donors (Lipinski definition) is 0. The van der Waals surface area contributed by atoms with E-state index in [1.54, 1.807) is 12.1 Å². The molecule has 1 unspecified atom stereocenters. The van der Waals surface area contributed by atoms with Gasteiger partial charge in [0.1, 0.15) is 17.1 Å². The van der Waals surface area contributed by atoms with Crippen LogP contribution in [0.1, 0.15) is 89.5 Å². The van der Waals surface area contributed by atoms with E-state index in [1.165, 1.54) is 82.6 Å². The lowest BCUT2D eigenvalue weighted by atomic mass is 10.0. The quantitative estimate of drug-likeness (QED) is 0.232. The van der Waals surface area contributed by atoms with Crippen LogP contribution in [0.25, 0.3) is 10.8 Å². The fraction of sp³-hybridized carbons (Fsp3) is 0.583. The third kappa shape index (κ3) is 9.20. The molecule has 1 atom stereocenters. The number of aryl methyl sites for hydroxylation is 1. The maximum absolute atomic E-state index is 10.6. The van der Waals surface area contributed by atoms with Crippen molar-refractivity contribution in [3.05, 3.63) is 42.0 Å². The maximum atomic E-state index is 10.6. The van der Waals surface area contributed by atoms with Crippen LogP contribution in [-0.2, 0) is 17.8 Å². The van der Waals surface area contributed by atoms with Crippen LogP contribution < -0.4 is 4.18 Å². The molecule has 28 heavy (non-hydrogen) atoms. The second-order valence-corrected chi connectivity index (χ2v) is 8.34. The molecule has 0 fully saturated rings. The minimum atomic E-state index is -2.53. The van der Waals surface area contributed by atoms with Gasteiger partial charge in [0, 0.05) is 0 Å². The number of benzene rings is 2. The van der Waals surface area contributed by atoms with Crippen LogP contribution in [0.3, 0.4) is 0 Å². The maximum Gasteiger partial charge on any atom is 0.139 e. The molecule has 0 radical (unpaired) electrons. The first-order chi connectivity index (χ1) is 13.7. The van der Waals surface area contributed by atoms with Gasteiger partial charge >= 0.3 is 0 Å². The fourth-order valence-corrected chi connectivity index (χ4v) is 3.99. The molecule has 2 aromatic rings. The van der Waals surface area contributed by atoms with Crippen LogP contribution in [0, 0.1) is 0 Å². The van der Waals surface area contributed by atoms with Crippen molar-refractivity contribution in [1.82, 2.24) is 0 Å². The standard InChI is InChI=1S/C24H36O3S/c1-2-3-4-5-6-7-8-9-10-11-12-13-14-21-15-16-23-20-24(27-28(25)26)18-17-22(23)19-21/h15-20H,2-14H2,1H3,(H,25,26)/p-1. The normalized spacial score (nSPS) is 12.4. The summed E-state index contributed by atoms with van der Waals surface area (Å²) in [5.74, 6) is 0.356. The smallest absolute Gasteiger partial charge is 0.139 e. The van der Waals surface area contributed by atoms with Crippen molar-refractivity contribution in [3.8, 4) is 5.75 Å². The molecular weight excluding hydrogens is 368 g/mol. The summed E-state index contributed by atoms with van der Waals surface area (Å²) in [6, 6.07) is 11.8. The SMILES string of the molecule is CCCCCCCCCCCCCCc1ccc2cc(OS(=O)[O-])ccc2c1. The number of rotatable bonds is 15. The molecule has 3 nitrogen and oxygen atoms in total. The summed E-state index contributed by atoms with van der Waals surface area (Å²) in [6.45, 7) is 2.27. The third-order valence-corrected chi connectivity index (χ3v) is 5.69. The van der Waals surface area contributed by atoms with Gasteiger partial charge in [-0.05, 0) is 41.3 Å². The van der Waals surface area contributed by atoms with E-state index in [-0.39, 0.29) is 0 Å². The zero-order chi connectivity index (χ0) is 20.0. The molecule has 0 aliphatic carbocycles. The second kappa shape index (κ2) is 13.7. The first-order valence-electron chi connectivity index (χ1n) is 11.0. The van der Waals surface area contributed by atoms with E-state index in [0.29, 0.717) is 5.75 Å². The lowest BCUT2D eigenvalue weighted by Gasteiger charge is -2.09. The molecule has 0 heterocycles. The molecule has 0 N–H and O–H groups in total. The Labute approximate surface area is 173 Å². The van der Waals surface area contributed by atoms with Gasteiger partial charge in [-0.3, -0.25) is 0 Å². The molecule has 156 valence electrons. The summed E-state index contributed by atoms with van der Waals surface area (Å²) in [4.78, 5) is 0. The zero-order valence-electron chi connectivity index (χ0n) is 17.3. The third-order valence-electron chi connectivity index (χ3n) is 5.36. The van der Waals surface area contributed by atoms with Crippen LogP contribution in [-0.4, -0.2) is 8.76 Å². The number of hydrogen-bond acceptors (Lipinski definition) is 3. The second-order valence-electron chi connectivity index (χ2n) is 7.77. The largest absolute Gasteiger partial charge is 0.740 e. The highest BCUT2D eigenvalue weighted by Crippen LogP contribution is 2.23. The fourth-order valence-electron chi connectivity index (χ4n) is 3.73. The Balaban J connectivity index is 1.58. The van der Waals surface area contributed by atoms with Gasteiger partial charge in [0.25, 0.3) is 0 Å². The summed E-state index contributed by atoms with van der Waals surface area (Å²) < 4.78 is 26.0. The Kier molecular flexibility index (Phi) is 11.2. The summed E-state index contributed by atoms with van der Waals surface area (Å²) in [6.07, 6.45) is 17.6. The minimum absolute atomic E-state index is 0.356. The zero-order valence-corrected chi connectivity index (χ0v) is 18.1. The molecule has 0 spiro atoms. The van der Waals surface area contributed by atoms with Crippen molar-refractivity contribution in [2.75, 3.05) is 0 Å².